The first kappa shape index (κ1) is 27.2. The molecule has 9 heteroatoms. The second-order valence-electron chi connectivity index (χ2n) is 11.1. The lowest BCUT2D eigenvalue weighted by molar-refractivity contribution is -0.135. The highest BCUT2D eigenvalue weighted by molar-refractivity contribution is 6.03. The molecule has 0 radical (unpaired) electrons. The number of hydrogen-bond donors (Lipinski definition) is 2. The van der Waals surface area contributed by atoms with E-state index in [0.717, 1.165) is 31.2 Å². The lowest BCUT2D eigenvalue weighted by Gasteiger charge is -2.41. The fourth-order valence-corrected chi connectivity index (χ4v) is 5.15. The Morgan fingerprint density at radius 2 is 1.61 bits per heavy atom. The standard InChI is InChI=1S/C29H36N6O3/c1-29(2,3)23-13-15-24(16-14-23)35(26(37)18-17-25(36)21-7-5-4-6-8-21)19-20-9-11-22(12-10-20)27(38)30-28-31-33-34-32-28/h4-12,23-24H,13-19H2,1-3H3,(H2,30,31,32,33,34,38). The molecule has 0 spiro atoms. The van der Waals surface area contributed by atoms with E-state index < -0.39 is 0 Å². The van der Waals surface area contributed by atoms with E-state index >= 15 is 0 Å². The molecule has 0 aliphatic heterocycles. The number of anilines is 1. The molecule has 200 valence electrons. The first-order chi connectivity index (χ1) is 18.2. The maximum atomic E-state index is 13.5. The Morgan fingerprint density at radius 3 is 2.21 bits per heavy atom. The van der Waals surface area contributed by atoms with Crippen LogP contribution in [0.4, 0.5) is 5.95 Å². The maximum Gasteiger partial charge on any atom is 0.270 e. The van der Waals surface area contributed by atoms with Crippen LogP contribution in [0.1, 0.15) is 85.6 Å². The van der Waals surface area contributed by atoms with Crippen molar-refractivity contribution < 1.29 is 14.4 Å². The van der Waals surface area contributed by atoms with E-state index in [2.05, 4.69) is 46.7 Å². The van der Waals surface area contributed by atoms with Crippen LogP contribution in [0.5, 0.6) is 0 Å². The first-order valence-electron chi connectivity index (χ1n) is 13.2. The number of rotatable bonds is 9. The highest BCUT2D eigenvalue weighted by atomic mass is 16.2. The molecule has 1 aromatic heterocycles. The second kappa shape index (κ2) is 12.1. The predicted octanol–water partition coefficient (Wildman–Crippen LogP) is 5.05. The van der Waals surface area contributed by atoms with Crippen LogP contribution in [0.3, 0.4) is 0 Å². The molecule has 1 aliphatic carbocycles. The molecule has 2 aromatic carbocycles. The van der Waals surface area contributed by atoms with Crippen molar-refractivity contribution in [3.63, 3.8) is 0 Å². The average Bonchev–Trinajstić information content (AvgIpc) is 3.43. The SMILES string of the molecule is CC(C)(C)C1CCC(N(Cc2ccc(C(=O)Nc3nn[nH]n3)cc2)C(=O)CCC(=O)c2ccccc2)CC1. The van der Waals surface area contributed by atoms with Crippen LogP contribution in [-0.4, -0.2) is 49.2 Å². The van der Waals surface area contributed by atoms with Crippen molar-refractivity contribution >= 4 is 23.5 Å². The number of nitrogens with zero attached hydrogens (tertiary/aromatic N) is 4. The van der Waals surface area contributed by atoms with Crippen LogP contribution in [0.25, 0.3) is 0 Å². The summed E-state index contributed by atoms with van der Waals surface area (Å²) in [6, 6.07) is 16.4. The monoisotopic (exact) mass is 516 g/mol. The minimum absolute atomic E-state index is 0.00702. The number of Topliss-reactive ketones (excluding diaryl/α,β-unsaturated/α-hetero) is 1. The number of benzene rings is 2. The van der Waals surface area contributed by atoms with Gasteiger partial charge in [-0.2, -0.15) is 5.21 Å². The Balaban J connectivity index is 1.44. The average molecular weight is 517 g/mol. The van der Waals surface area contributed by atoms with Gasteiger partial charge in [-0.3, -0.25) is 19.7 Å². The summed E-state index contributed by atoms with van der Waals surface area (Å²) < 4.78 is 0. The number of carbonyl (C=O) groups excluding carboxylic acids is 3. The zero-order valence-corrected chi connectivity index (χ0v) is 22.3. The van der Waals surface area contributed by atoms with E-state index in [1.54, 1.807) is 24.3 Å². The van der Waals surface area contributed by atoms with E-state index in [0.29, 0.717) is 23.6 Å². The zero-order chi connectivity index (χ0) is 27.1. The molecular weight excluding hydrogens is 480 g/mol. The Hall–Kier alpha value is -3.88. The lowest BCUT2D eigenvalue weighted by Crippen LogP contribution is -2.43. The largest absolute Gasteiger partial charge is 0.335 e. The quantitative estimate of drug-likeness (QED) is 0.384. The molecule has 0 atom stereocenters. The molecule has 1 aliphatic rings. The number of hydrogen-bond acceptors (Lipinski definition) is 6. The summed E-state index contributed by atoms with van der Waals surface area (Å²) in [6.07, 6.45) is 4.42. The van der Waals surface area contributed by atoms with Gasteiger partial charge in [0.15, 0.2) is 5.78 Å². The van der Waals surface area contributed by atoms with Gasteiger partial charge in [0, 0.05) is 36.6 Å². The van der Waals surface area contributed by atoms with Crippen molar-refractivity contribution in [1.29, 1.82) is 0 Å². The number of aromatic nitrogens is 4. The molecule has 2 amide bonds. The van der Waals surface area contributed by atoms with Gasteiger partial charge in [0.25, 0.3) is 11.9 Å². The molecule has 1 heterocycles. The summed E-state index contributed by atoms with van der Waals surface area (Å²) in [4.78, 5) is 40.6. The third-order valence-electron chi connectivity index (χ3n) is 7.48. The van der Waals surface area contributed by atoms with Crippen LogP contribution < -0.4 is 5.32 Å². The van der Waals surface area contributed by atoms with Crippen molar-refractivity contribution in [1.82, 2.24) is 25.5 Å². The summed E-state index contributed by atoms with van der Waals surface area (Å²) in [7, 11) is 0. The number of aromatic amines is 1. The third-order valence-corrected chi connectivity index (χ3v) is 7.48. The Bertz CT molecular complexity index is 1210. The molecule has 1 saturated carbocycles. The van der Waals surface area contributed by atoms with Crippen molar-refractivity contribution in [2.24, 2.45) is 11.3 Å². The predicted molar refractivity (Wildman–Crippen MR) is 144 cm³/mol. The van der Waals surface area contributed by atoms with Gasteiger partial charge in [-0.1, -0.05) is 68.3 Å². The maximum absolute atomic E-state index is 13.5. The number of carbonyl (C=O) groups is 3. The van der Waals surface area contributed by atoms with E-state index in [4.69, 9.17) is 0 Å². The van der Waals surface area contributed by atoms with Crippen LogP contribution >= 0.6 is 0 Å². The smallest absolute Gasteiger partial charge is 0.270 e. The van der Waals surface area contributed by atoms with E-state index in [-0.39, 0.29) is 47.8 Å². The first-order valence-corrected chi connectivity index (χ1v) is 13.2. The van der Waals surface area contributed by atoms with Crippen molar-refractivity contribution in [3.8, 4) is 0 Å². The van der Waals surface area contributed by atoms with Crippen molar-refractivity contribution in [2.75, 3.05) is 5.32 Å². The summed E-state index contributed by atoms with van der Waals surface area (Å²) >= 11 is 0. The molecule has 2 N–H and O–H groups in total. The molecule has 9 nitrogen and oxygen atoms in total. The summed E-state index contributed by atoms with van der Waals surface area (Å²) in [5, 5.41) is 15.8. The molecule has 0 saturated heterocycles. The molecular formula is C29H36N6O3. The highest BCUT2D eigenvalue weighted by Gasteiger charge is 2.33. The molecule has 4 rings (SSSR count). The van der Waals surface area contributed by atoms with E-state index in [9.17, 15) is 14.4 Å². The number of H-pyrrole nitrogens is 1. The number of ketones is 1. The fourth-order valence-electron chi connectivity index (χ4n) is 5.15. The van der Waals surface area contributed by atoms with Crippen LogP contribution in [-0.2, 0) is 11.3 Å². The Kier molecular flexibility index (Phi) is 8.66. The van der Waals surface area contributed by atoms with Crippen LogP contribution in [0, 0.1) is 11.3 Å². The van der Waals surface area contributed by atoms with E-state index in [1.165, 1.54) is 0 Å². The van der Waals surface area contributed by atoms with Gasteiger partial charge in [0.2, 0.25) is 5.91 Å². The Morgan fingerprint density at radius 1 is 0.921 bits per heavy atom. The minimum atomic E-state index is -0.342. The second-order valence-corrected chi connectivity index (χ2v) is 11.1. The molecule has 0 bridgehead atoms. The van der Waals surface area contributed by atoms with E-state index in [1.807, 2.05) is 35.2 Å². The molecule has 38 heavy (non-hydrogen) atoms. The van der Waals surface area contributed by atoms with Crippen molar-refractivity contribution in [3.05, 3.63) is 71.3 Å². The zero-order valence-electron chi connectivity index (χ0n) is 22.3. The van der Waals surface area contributed by atoms with Gasteiger partial charge in [-0.15, -0.1) is 5.10 Å². The molecule has 0 unspecified atom stereocenters. The number of nitrogens with one attached hydrogen (secondary N) is 2. The van der Waals surface area contributed by atoms with Crippen LogP contribution in [0.2, 0.25) is 0 Å². The normalized spacial score (nSPS) is 17.6. The van der Waals surface area contributed by atoms with Crippen molar-refractivity contribution in [2.45, 2.75) is 71.9 Å². The van der Waals surface area contributed by atoms with Gasteiger partial charge in [0.05, 0.1) is 0 Å². The van der Waals surface area contributed by atoms with Gasteiger partial charge in [0.1, 0.15) is 0 Å². The summed E-state index contributed by atoms with van der Waals surface area (Å²) in [5.74, 6) is 0.365. The third kappa shape index (κ3) is 7.12. The Labute approximate surface area is 223 Å². The van der Waals surface area contributed by atoms with Crippen LogP contribution in [0.15, 0.2) is 54.6 Å². The number of tetrazole rings is 1. The molecule has 3 aromatic rings. The summed E-state index contributed by atoms with van der Waals surface area (Å²) in [6.45, 7) is 7.29. The highest BCUT2D eigenvalue weighted by Crippen LogP contribution is 2.39. The summed E-state index contributed by atoms with van der Waals surface area (Å²) in [5.41, 5.74) is 2.27. The van der Waals surface area contributed by atoms with Gasteiger partial charge in [-0.05, 0) is 59.9 Å². The van der Waals surface area contributed by atoms with Gasteiger partial charge >= 0.3 is 0 Å². The lowest BCUT2D eigenvalue weighted by atomic mass is 9.71. The van der Waals surface area contributed by atoms with Gasteiger partial charge in [-0.25, -0.2) is 0 Å². The minimum Gasteiger partial charge on any atom is -0.335 e. The topological polar surface area (TPSA) is 121 Å². The number of amides is 2. The fraction of sp³-hybridized carbons (Fsp3) is 0.448. The van der Waals surface area contributed by atoms with Gasteiger partial charge < -0.3 is 4.90 Å². The molecule has 1 fully saturated rings.